The van der Waals surface area contributed by atoms with Gasteiger partial charge in [-0.15, -0.1) is 0 Å². The highest BCUT2D eigenvalue weighted by Gasteiger charge is 2.35. The molecule has 1 aromatic carbocycles. The van der Waals surface area contributed by atoms with Crippen molar-refractivity contribution >= 4 is 40.9 Å². The molecule has 1 aliphatic heterocycles. The summed E-state index contributed by atoms with van der Waals surface area (Å²) in [4.78, 5) is 26.3. The Morgan fingerprint density at radius 2 is 1.92 bits per heavy atom. The third-order valence-electron chi connectivity index (χ3n) is 4.42. The maximum atomic E-state index is 14.1. The number of halogens is 1. The fourth-order valence-corrected chi connectivity index (χ4v) is 3.40. The number of nitrogens with zero attached hydrogens (tertiary/aromatic N) is 2. The van der Waals surface area contributed by atoms with Gasteiger partial charge < -0.3 is 4.57 Å². The number of carbonyl (C=O) groups excluding carboxylic acids is 2. The van der Waals surface area contributed by atoms with Crippen molar-refractivity contribution in [1.29, 1.82) is 0 Å². The molecule has 1 saturated heterocycles. The maximum absolute atomic E-state index is 14.1. The second-order valence-electron chi connectivity index (χ2n) is 5.98. The summed E-state index contributed by atoms with van der Waals surface area (Å²) in [5.41, 5.74) is 2.67. The predicted octanol–water partition coefficient (Wildman–Crippen LogP) is 3.10. The van der Waals surface area contributed by atoms with Gasteiger partial charge in [-0.25, -0.2) is 9.29 Å². The number of para-hydroxylation sites is 1. The zero-order valence-corrected chi connectivity index (χ0v) is 15.5. The van der Waals surface area contributed by atoms with Crippen LogP contribution in [0, 0.1) is 19.7 Å². The molecule has 1 aliphatic rings. The summed E-state index contributed by atoms with van der Waals surface area (Å²) >= 11 is 5.09. The van der Waals surface area contributed by atoms with Crippen molar-refractivity contribution in [3.05, 3.63) is 58.7 Å². The van der Waals surface area contributed by atoms with E-state index in [-0.39, 0.29) is 16.4 Å². The van der Waals surface area contributed by atoms with Gasteiger partial charge in [0.15, 0.2) is 5.11 Å². The molecule has 2 aromatic rings. The van der Waals surface area contributed by atoms with Gasteiger partial charge in [-0.2, -0.15) is 0 Å². The van der Waals surface area contributed by atoms with Gasteiger partial charge in [-0.1, -0.05) is 12.1 Å². The van der Waals surface area contributed by atoms with Crippen LogP contribution in [0.15, 0.2) is 35.9 Å². The molecule has 26 heavy (non-hydrogen) atoms. The Hall–Kier alpha value is -2.80. The Morgan fingerprint density at radius 3 is 2.54 bits per heavy atom. The van der Waals surface area contributed by atoms with Crippen molar-refractivity contribution in [2.24, 2.45) is 0 Å². The van der Waals surface area contributed by atoms with E-state index in [1.165, 1.54) is 24.3 Å². The third kappa shape index (κ3) is 2.94. The van der Waals surface area contributed by atoms with E-state index in [9.17, 15) is 14.0 Å². The first-order valence-corrected chi connectivity index (χ1v) is 8.58. The molecule has 0 aliphatic carbocycles. The molecule has 7 heteroatoms. The van der Waals surface area contributed by atoms with Gasteiger partial charge in [0.2, 0.25) is 0 Å². The fourth-order valence-electron chi connectivity index (χ4n) is 3.13. The quantitative estimate of drug-likeness (QED) is 0.512. The van der Waals surface area contributed by atoms with Crippen LogP contribution in [0.5, 0.6) is 0 Å². The number of aromatic nitrogens is 1. The van der Waals surface area contributed by atoms with Crippen LogP contribution in [-0.2, 0) is 16.1 Å². The monoisotopic (exact) mass is 371 g/mol. The predicted molar refractivity (Wildman–Crippen MR) is 102 cm³/mol. The van der Waals surface area contributed by atoms with E-state index >= 15 is 0 Å². The molecule has 134 valence electrons. The highest BCUT2D eigenvalue weighted by Crippen LogP contribution is 2.25. The molecule has 1 N–H and O–H groups in total. The number of carbonyl (C=O) groups is 2. The van der Waals surface area contributed by atoms with Crippen molar-refractivity contribution < 1.29 is 14.0 Å². The van der Waals surface area contributed by atoms with Crippen LogP contribution >= 0.6 is 12.2 Å². The van der Waals surface area contributed by atoms with Gasteiger partial charge >= 0.3 is 0 Å². The molecule has 0 radical (unpaired) electrons. The van der Waals surface area contributed by atoms with Crippen LogP contribution in [0.4, 0.5) is 10.1 Å². The Morgan fingerprint density at radius 1 is 1.23 bits per heavy atom. The molecular formula is C19H18FN3O2S. The number of hydrogen-bond donors (Lipinski definition) is 1. The number of anilines is 1. The molecular weight excluding hydrogens is 353 g/mol. The number of rotatable bonds is 3. The molecule has 1 fully saturated rings. The molecule has 0 spiro atoms. The average molecular weight is 371 g/mol. The first kappa shape index (κ1) is 18.0. The molecule has 2 heterocycles. The molecule has 0 bridgehead atoms. The second kappa shape index (κ2) is 6.84. The van der Waals surface area contributed by atoms with Gasteiger partial charge in [-0.05, 0) is 62.8 Å². The van der Waals surface area contributed by atoms with Gasteiger partial charge in [-0.3, -0.25) is 14.9 Å². The zero-order valence-electron chi connectivity index (χ0n) is 14.7. The molecule has 0 unspecified atom stereocenters. The molecule has 3 rings (SSSR count). The van der Waals surface area contributed by atoms with Crippen LogP contribution in [-0.4, -0.2) is 21.5 Å². The molecule has 0 saturated carbocycles. The summed E-state index contributed by atoms with van der Waals surface area (Å²) in [6.07, 6.45) is 1.53. The lowest BCUT2D eigenvalue weighted by atomic mass is 10.1. The van der Waals surface area contributed by atoms with E-state index in [2.05, 4.69) is 9.88 Å². The highest BCUT2D eigenvalue weighted by atomic mass is 32.1. The maximum Gasteiger partial charge on any atom is 0.270 e. The van der Waals surface area contributed by atoms with Crippen LogP contribution in [0.3, 0.4) is 0 Å². The topological polar surface area (TPSA) is 54.3 Å². The standard InChI is InChI=1S/C19H18FN3O2S/c1-4-22-11(2)9-13(12(22)3)10-14-17(24)21-19(26)23(18(14)25)16-8-6-5-7-15(16)20/h5-10H,4H2,1-3H3,(H,21,24,26)/b14-10-. The smallest absolute Gasteiger partial charge is 0.270 e. The highest BCUT2D eigenvalue weighted by molar-refractivity contribution is 7.80. The first-order chi connectivity index (χ1) is 12.3. The van der Waals surface area contributed by atoms with E-state index in [0.717, 1.165) is 28.4 Å². The van der Waals surface area contributed by atoms with Crippen molar-refractivity contribution in [1.82, 2.24) is 9.88 Å². The number of aryl methyl sites for hydroxylation is 1. The normalized spacial score (nSPS) is 16.4. The number of nitrogens with one attached hydrogen (secondary N) is 1. The van der Waals surface area contributed by atoms with E-state index in [0.29, 0.717) is 0 Å². The van der Waals surface area contributed by atoms with Gasteiger partial charge in [0, 0.05) is 17.9 Å². The second-order valence-corrected chi connectivity index (χ2v) is 6.37. The summed E-state index contributed by atoms with van der Waals surface area (Å²) in [5, 5.41) is 2.33. The lowest BCUT2D eigenvalue weighted by Gasteiger charge is -2.29. The number of amides is 2. The summed E-state index contributed by atoms with van der Waals surface area (Å²) < 4.78 is 16.2. The Bertz CT molecular complexity index is 962. The van der Waals surface area contributed by atoms with E-state index in [1.807, 2.05) is 26.8 Å². The third-order valence-corrected chi connectivity index (χ3v) is 4.71. The largest absolute Gasteiger partial charge is 0.349 e. The molecule has 1 aromatic heterocycles. The van der Waals surface area contributed by atoms with Crippen LogP contribution in [0.25, 0.3) is 6.08 Å². The number of thiocarbonyl (C=S) groups is 1. The van der Waals surface area contributed by atoms with Crippen LogP contribution < -0.4 is 10.2 Å². The lowest BCUT2D eigenvalue weighted by Crippen LogP contribution is -2.54. The summed E-state index contributed by atoms with van der Waals surface area (Å²) in [6, 6.07) is 7.71. The molecule has 2 amide bonds. The van der Waals surface area contributed by atoms with Crippen molar-refractivity contribution in [3.8, 4) is 0 Å². The Balaban J connectivity index is 2.08. The van der Waals surface area contributed by atoms with Gasteiger partial charge in [0.1, 0.15) is 11.4 Å². The van der Waals surface area contributed by atoms with Crippen LogP contribution in [0.1, 0.15) is 23.9 Å². The minimum absolute atomic E-state index is 0.00688. The molecule has 0 atom stereocenters. The lowest BCUT2D eigenvalue weighted by molar-refractivity contribution is -0.122. The Kier molecular flexibility index (Phi) is 4.73. The van der Waals surface area contributed by atoms with Crippen molar-refractivity contribution in [3.63, 3.8) is 0 Å². The van der Waals surface area contributed by atoms with E-state index in [1.54, 1.807) is 6.07 Å². The van der Waals surface area contributed by atoms with E-state index in [4.69, 9.17) is 12.2 Å². The summed E-state index contributed by atoms with van der Waals surface area (Å²) in [5.74, 6) is -1.83. The zero-order chi connectivity index (χ0) is 19.0. The minimum atomic E-state index is -0.648. The summed E-state index contributed by atoms with van der Waals surface area (Å²) in [6.45, 7) is 6.69. The molecule has 5 nitrogen and oxygen atoms in total. The number of hydrogen-bond acceptors (Lipinski definition) is 3. The number of benzene rings is 1. The van der Waals surface area contributed by atoms with Crippen LogP contribution in [0.2, 0.25) is 0 Å². The van der Waals surface area contributed by atoms with Crippen molar-refractivity contribution in [2.75, 3.05) is 4.90 Å². The fraction of sp³-hybridized carbons (Fsp3) is 0.211. The van der Waals surface area contributed by atoms with Gasteiger partial charge in [0.25, 0.3) is 11.8 Å². The Labute approximate surface area is 156 Å². The minimum Gasteiger partial charge on any atom is -0.349 e. The summed E-state index contributed by atoms with van der Waals surface area (Å²) in [7, 11) is 0. The SMILES string of the molecule is CCn1c(C)cc(/C=C2/C(=O)NC(=S)N(c3ccccc3F)C2=O)c1C. The first-order valence-electron chi connectivity index (χ1n) is 8.17. The van der Waals surface area contributed by atoms with Crippen molar-refractivity contribution in [2.45, 2.75) is 27.3 Å². The van der Waals surface area contributed by atoms with E-state index < -0.39 is 17.6 Å². The average Bonchev–Trinajstić information content (AvgIpc) is 2.86. The van der Waals surface area contributed by atoms with Gasteiger partial charge in [0.05, 0.1) is 5.69 Å².